The minimum atomic E-state index is -3.85. The monoisotopic (exact) mass is 1120 g/mol. The van der Waals surface area contributed by atoms with Crippen LogP contribution >= 0.6 is 31.9 Å². The number of amides is 2. The molecule has 73 heavy (non-hydrogen) atoms. The second-order valence-corrected chi connectivity index (χ2v) is 21.1. The van der Waals surface area contributed by atoms with Gasteiger partial charge in [-0.25, -0.2) is 42.3 Å². The summed E-state index contributed by atoms with van der Waals surface area (Å²) in [4.78, 5) is 59.7. The average Bonchev–Trinajstić information content (AvgIpc) is 4.03. The van der Waals surface area contributed by atoms with Crippen LogP contribution < -0.4 is 22.1 Å². The molecule has 2 saturated heterocycles. The van der Waals surface area contributed by atoms with Crippen LogP contribution in [-0.4, -0.2) is 107 Å². The number of fused-ring (bicyclic) bond motifs is 2. The summed E-state index contributed by atoms with van der Waals surface area (Å²) in [5.74, 6) is 0.684. The number of benzene rings is 3. The number of carbonyl (C=O) groups is 2. The van der Waals surface area contributed by atoms with Crippen LogP contribution in [0.2, 0.25) is 0 Å². The fraction of sp³-hybridized carbons (Fsp3) is 0.192. The first-order valence-corrected chi connectivity index (χ1v) is 26.5. The van der Waals surface area contributed by atoms with E-state index in [2.05, 4.69) is 73.5 Å². The van der Waals surface area contributed by atoms with E-state index in [1.165, 1.54) is 16.4 Å². The van der Waals surface area contributed by atoms with E-state index in [4.69, 9.17) is 21.4 Å². The van der Waals surface area contributed by atoms with Crippen molar-refractivity contribution in [3.05, 3.63) is 161 Å². The highest BCUT2D eigenvalue weighted by Crippen LogP contribution is 2.37. The van der Waals surface area contributed by atoms with Gasteiger partial charge in [0, 0.05) is 90.5 Å². The minimum absolute atomic E-state index is 0.0541. The van der Waals surface area contributed by atoms with Gasteiger partial charge in [0.25, 0.3) is 21.8 Å². The maximum Gasteiger partial charge on any atom is 0.272 e. The molecular formula is C52H48Br2N14O4S. The number of anilines is 4. The Labute approximate surface area is 437 Å². The molecule has 2 amide bonds. The van der Waals surface area contributed by atoms with E-state index >= 15 is 0 Å². The predicted octanol–water partition coefficient (Wildman–Crippen LogP) is 8.87. The molecular weight excluding hydrogens is 1080 g/mol. The van der Waals surface area contributed by atoms with Gasteiger partial charge in [-0.15, -0.1) is 0 Å². The third kappa shape index (κ3) is 10.6. The van der Waals surface area contributed by atoms with E-state index in [1.807, 2.05) is 41.4 Å². The number of para-hydroxylation sites is 2. The average molecular weight is 1120 g/mol. The largest absolute Gasteiger partial charge is 0.397 e. The van der Waals surface area contributed by atoms with Crippen LogP contribution in [0, 0.1) is 0 Å². The summed E-state index contributed by atoms with van der Waals surface area (Å²) in [6.45, 7) is 2.36. The molecule has 11 rings (SSSR count). The Hall–Kier alpha value is -7.75. The number of hydrogen-bond donors (Lipinski definition) is 5. The fourth-order valence-electron chi connectivity index (χ4n) is 9.07. The van der Waals surface area contributed by atoms with Crippen molar-refractivity contribution < 1.29 is 18.0 Å². The molecule has 0 radical (unpaired) electrons. The zero-order chi connectivity index (χ0) is 50.6. The fourth-order valence-corrected chi connectivity index (χ4v) is 11.3. The van der Waals surface area contributed by atoms with Crippen LogP contribution in [0.15, 0.2) is 154 Å². The van der Waals surface area contributed by atoms with Crippen molar-refractivity contribution in [3.8, 4) is 22.5 Å². The van der Waals surface area contributed by atoms with Crippen molar-refractivity contribution in [2.24, 2.45) is 0 Å². The number of nitrogens with zero attached hydrogens (tertiary/aromatic N) is 9. The number of pyridine rings is 2. The topological polar surface area (TPSA) is 249 Å². The zero-order valence-electron chi connectivity index (χ0n) is 39.1. The first kappa shape index (κ1) is 48.9. The number of nitrogen functional groups attached to an aromatic ring is 2. The predicted molar refractivity (Wildman–Crippen MR) is 289 cm³/mol. The zero-order valence-corrected chi connectivity index (χ0v) is 43.1. The molecule has 0 spiro atoms. The smallest absolute Gasteiger partial charge is 0.272 e. The quantitative estimate of drug-likeness (QED) is 0.0858. The number of aromatic nitrogens is 8. The molecule has 0 saturated carbocycles. The lowest BCUT2D eigenvalue weighted by Crippen LogP contribution is -2.45. The van der Waals surface area contributed by atoms with Gasteiger partial charge in [0.15, 0.2) is 0 Å². The Morgan fingerprint density at radius 1 is 0.616 bits per heavy atom. The van der Waals surface area contributed by atoms with Gasteiger partial charge in [0.05, 0.1) is 54.5 Å². The standard InChI is InChI=1S/C29H26BrN7O3S.C23H22BrN7O/c30-24-16-33-29(34-20-7-6-14-36(17-20)28(38)25-13-12-19(31)15-32-25)35-27(24)23-18-37(26-11-5-4-10-22(23)26)41(39,40)21-8-2-1-3-9-21;24-18-12-28-23(30-21(18)17-11-27-19-6-2-1-5-16(17)19)29-15-4-3-9-31(13-15)22(32)20-8-7-14(25)10-26-20/h1-5,8-13,15-16,18,20H,6-7,14,17,31H2,(H,33,34,35);1-2,5-8,10-12,15,27H,3-4,9,13,25H2,(H,28,29,30)/t20-;15-/m11/s1. The van der Waals surface area contributed by atoms with E-state index < -0.39 is 10.0 Å². The number of carbonyl (C=O) groups excluding carboxylic acids is 2. The van der Waals surface area contributed by atoms with E-state index in [1.54, 1.807) is 90.2 Å². The number of piperidine rings is 2. The van der Waals surface area contributed by atoms with Crippen LogP contribution in [0.3, 0.4) is 0 Å². The van der Waals surface area contributed by atoms with Gasteiger partial charge in [-0.2, -0.15) is 0 Å². The number of halogens is 2. The van der Waals surface area contributed by atoms with Gasteiger partial charge in [0.1, 0.15) is 11.4 Å². The van der Waals surface area contributed by atoms with Gasteiger partial charge >= 0.3 is 0 Å². The van der Waals surface area contributed by atoms with Crippen LogP contribution in [0.4, 0.5) is 23.3 Å². The van der Waals surface area contributed by atoms with Crippen molar-refractivity contribution >= 4 is 98.8 Å². The van der Waals surface area contributed by atoms with Crippen LogP contribution in [-0.2, 0) is 10.0 Å². The highest BCUT2D eigenvalue weighted by Gasteiger charge is 2.29. The molecule has 2 aliphatic heterocycles. The Morgan fingerprint density at radius 3 is 1.70 bits per heavy atom. The Bertz CT molecular complexity index is 3580. The summed E-state index contributed by atoms with van der Waals surface area (Å²) in [6, 6.07) is 30.4. The van der Waals surface area contributed by atoms with Gasteiger partial charge in [-0.3, -0.25) is 9.59 Å². The Balaban J connectivity index is 0.000000173. The van der Waals surface area contributed by atoms with Crippen molar-refractivity contribution in [3.63, 3.8) is 0 Å². The number of nitrogens with two attached hydrogens (primary N) is 2. The molecule has 370 valence electrons. The van der Waals surface area contributed by atoms with Gasteiger partial charge in [-0.05, 0) is 106 Å². The summed E-state index contributed by atoms with van der Waals surface area (Å²) in [6.07, 6.45) is 13.4. The summed E-state index contributed by atoms with van der Waals surface area (Å²) in [5.41, 5.74) is 17.8. The third-order valence-corrected chi connectivity index (χ3v) is 15.5. The molecule has 7 N–H and O–H groups in total. The molecule has 2 aliphatic rings. The maximum absolute atomic E-state index is 13.6. The number of H-pyrrole nitrogens is 1. The summed E-state index contributed by atoms with van der Waals surface area (Å²) in [7, 11) is -3.85. The number of nitrogens with one attached hydrogen (secondary N) is 3. The molecule has 9 aromatic rings. The lowest BCUT2D eigenvalue weighted by molar-refractivity contribution is 0.0702. The van der Waals surface area contributed by atoms with Gasteiger partial charge in [0.2, 0.25) is 11.9 Å². The van der Waals surface area contributed by atoms with Crippen molar-refractivity contribution in [2.75, 3.05) is 48.3 Å². The lowest BCUT2D eigenvalue weighted by atomic mass is 10.1. The molecule has 21 heteroatoms. The molecule has 8 heterocycles. The second-order valence-electron chi connectivity index (χ2n) is 17.6. The highest BCUT2D eigenvalue weighted by atomic mass is 79.9. The first-order chi connectivity index (χ1) is 35.4. The van der Waals surface area contributed by atoms with E-state index in [0.29, 0.717) is 82.1 Å². The van der Waals surface area contributed by atoms with Crippen LogP contribution in [0.1, 0.15) is 46.7 Å². The maximum atomic E-state index is 13.6. The number of aromatic amines is 1. The molecule has 2 atom stereocenters. The molecule has 0 aliphatic carbocycles. The van der Waals surface area contributed by atoms with E-state index in [0.717, 1.165) is 57.7 Å². The normalized spacial score (nSPS) is 15.9. The second kappa shape index (κ2) is 21.1. The molecule has 3 aromatic carbocycles. The van der Waals surface area contributed by atoms with Crippen LogP contribution in [0.5, 0.6) is 0 Å². The van der Waals surface area contributed by atoms with Crippen molar-refractivity contribution in [2.45, 2.75) is 42.7 Å². The Kier molecular flexibility index (Phi) is 14.2. The lowest BCUT2D eigenvalue weighted by Gasteiger charge is -2.33. The Morgan fingerprint density at radius 2 is 1.14 bits per heavy atom. The number of likely N-dealkylation sites (tertiary alicyclic amines) is 2. The first-order valence-electron chi connectivity index (χ1n) is 23.5. The summed E-state index contributed by atoms with van der Waals surface area (Å²) < 4.78 is 29.9. The summed E-state index contributed by atoms with van der Waals surface area (Å²) >= 11 is 7.15. The van der Waals surface area contributed by atoms with Gasteiger partial charge in [-0.1, -0.05) is 54.6 Å². The minimum Gasteiger partial charge on any atom is -0.397 e. The molecule has 2 fully saturated rings. The third-order valence-electron chi connectivity index (χ3n) is 12.7. The molecule has 0 unspecified atom stereocenters. The number of hydrogen-bond acceptors (Lipinski definition) is 14. The highest BCUT2D eigenvalue weighted by molar-refractivity contribution is 9.11. The number of rotatable bonds is 10. The van der Waals surface area contributed by atoms with E-state index in [9.17, 15) is 18.0 Å². The molecule has 18 nitrogen and oxygen atoms in total. The van der Waals surface area contributed by atoms with E-state index in [-0.39, 0.29) is 28.8 Å². The molecule has 0 bridgehead atoms. The van der Waals surface area contributed by atoms with Crippen molar-refractivity contribution in [1.29, 1.82) is 0 Å². The van der Waals surface area contributed by atoms with Crippen molar-refractivity contribution in [1.82, 2.24) is 48.7 Å². The van der Waals surface area contributed by atoms with Gasteiger partial charge < -0.3 is 36.9 Å². The molecule has 6 aromatic heterocycles. The SMILES string of the molecule is Nc1ccc(C(=O)N2CCC[C@@H](Nc3ncc(Br)c(-c4c[nH]c5ccccc45)n3)C2)nc1.Nc1ccc(C(=O)N2CCC[C@@H](Nc3ncc(Br)c(-c4cn(S(=O)(=O)c5ccccc5)c5ccccc45)n3)C2)nc1. The summed E-state index contributed by atoms with van der Waals surface area (Å²) in [5, 5.41) is 8.63. The van der Waals surface area contributed by atoms with Crippen LogP contribution in [0.25, 0.3) is 44.3 Å².